The topological polar surface area (TPSA) is 117 Å². The van der Waals surface area contributed by atoms with Gasteiger partial charge in [-0.3, -0.25) is 4.79 Å². The highest BCUT2D eigenvalue weighted by atomic mass is 16.5. The lowest BCUT2D eigenvalue weighted by Gasteiger charge is -2.05. The van der Waals surface area contributed by atoms with Gasteiger partial charge in [0.2, 0.25) is 5.82 Å². The van der Waals surface area contributed by atoms with E-state index in [1.807, 2.05) is 6.92 Å². The summed E-state index contributed by atoms with van der Waals surface area (Å²) in [6.07, 6.45) is 0. The van der Waals surface area contributed by atoms with Gasteiger partial charge in [-0.25, -0.2) is 4.79 Å². The third kappa shape index (κ3) is 4.06. The number of nitrogens with zero attached hydrogens (tertiary/aromatic N) is 2. The third-order valence-corrected chi connectivity index (χ3v) is 3.54. The standard InChI is InChI=1S/C17H17N3O6/c1-10-7-15(21)25-13-8-11(3-4-12(10)13)24-9-14-19-17(26-20-14)16(22)18-5-6-23-2/h3-4,7-8H,5-6,9H2,1-2H3,(H,18,22). The summed E-state index contributed by atoms with van der Waals surface area (Å²) in [5.74, 6) is 0.0541. The SMILES string of the molecule is COCCNC(=O)c1nc(COc2ccc3c(C)cc(=O)oc3c2)no1. The van der Waals surface area contributed by atoms with Gasteiger partial charge in [0.05, 0.1) is 6.61 Å². The second kappa shape index (κ2) is 7.79. The molecule has 0 aliphatic carbocycles. The van der Waals surface area contributed by atoms with Gasteiger partial charge in [0.25, 0.3) is 0 Å². The van der Waals surface area contributed by atoms with E-state index in [9.17, 15) is 9.59 Å². The zero-order valence-electron chi connectivity index (χ0n) is 14.3. The highest BCUT2D eigenvalue weighted by Crippen LogP contribution is 2.22. The Morgan fingerprint density at radius 3 is 2.96 bits per heavy atom. The highest BCUT2D eigenvalue weighted by molar-refractivity contribution is 5.89. The number of ether oxygens (including phenoxy) is 2. The molecule has 0 spiro atoms. The van der Waals surface area contributed by atoms with Crippen LogP contribution in [-0.4, -0.2) is 36.3 Å². The number of aromatic nitrogens is 2. The lowest BCUT2D eigenvalue weighted by molar-refractivity contribution is 0.0893. The summed E-state index contributed by atoms with van der Waals surface area (Å²) in [7, 11) is 1.54. The van der Waals surface area contributed by atoms with Crippen LogP contribution in [0.1, 0.15) is 22.1 Å². The summed E-state index contributed by atoms with van der Waals surface area (Å²) in [5, 5.41) is 7.09. The van der Waals surface area contributed by atoms with Crippen molar-refractivity contribution >= 4 is 16.9 Å². The minimum Gasteiger partial charge on any atom is -0.485 e. The van der Waals surface area contributed by atoms with Gasteiger partial charge in [-0.15, -0.1) is 0 Å². The van der Waals surface area contributed by atoms with Crippen molar-refractivity contribution in [1.82, 2.24) is 15.5 Å². The second-order valence-electron chi connectivity index (χ2n) is 5.46. The first-order valence-electron chi connectivity index (χ1n) is 7.84. The predicted octanol–water partition coefficient (Wildman–Crippen LogP) is 1.44. The molecule has 2 aromatic heterocycles. The maximum Gasteiger partial charge on any atom is 0.336 e. The zero-order chi connectivity index (χ0) is 18.5. The van der Waals surface area contributed by atoms with Crippen molar-refractivity contribution in [3.8, 4) is 5.75 Å². The van der Waals surface area contributed by atoms with Crippen LogP contribution in [0.5, 0.6) is 5.75 Å². The lowest BCUT2D eigenvalue weighted by atomic mass is 10.1. The van der Waals surface area contributed by atoms with E-state index in [-0.39, 0.29) is 18.3 Å². The average molecular weight is 359 g/mol. The van der Waals surface area contributed by atoms with Crippen molar-refractivity contribution in [3.05, 3.63) is 52.0 Å². The van der Waals surface area contributed by atoms with Gasteiger partial charge >= 0.3 is 17.4 Å². The number of nitrogens with one attached hydrogen (secondary N) is 1. The van der Waals surface area contributed by atoms with Crippen LogP contribution < -0.4 is 15.7 Å². The number of carbonyl (C=O) groups is 1. The quantitative estimate of drug-likeness (QED) is 0.497. The van der Waals surface area contributed by atoms with E-state index >= 15 is 0 Å². The summed E-state index contributed by atoms with van der Waals surface area (Å²) in [4.78, 5) is 27.2. The minimum absolute atomic E-state index is 0.00357. The lowest BCUT2D eigenvalue weighted by Crippen LogP contribution is -2.27. The number of methoxy groups -OCH3 is 1. The smallest absolute Gasteiger partial charge is 0.336 e. The largest absolute Gasteiger partial charge is 0.485 e. The summed E-state index contributed by atoms with van der Waals surface area (Å²) in [6, 6.07) is 6.59. The van der Waals surface area contributed by atoms with Crippen LogP contribution in [0.3, 0.4) is 0 Å². The van der Waals surface area contributed by atoms with Gasteiger partial charge < -0.3 is 23.7 Å². The molecule has 2 heterocycles. The van der Waals surface area contributed by atoms with Crippen molar-refractivity contribution in [2.24, 2.45) is 0 Å². The Kier molecular flexibility index (Phi) is 5.28. The Hall–Kier alpha value is -3.20. The highest BCUT2D eigenvalue weighted by Gasteiger charge is 2.15. The van der Waals surface area contributed by atoms with Gasteiger partial charge in [-0.05, 0) is 24.6 Å². The van der Waals surface area contributed by atoms with Gasteiger partial charge in [-0.2, -0.15) is 4.98 Å². The van der Waals surface area contributed by atoms with Crippen molar-refractivity contribution < 1.29 is 23.2 Å². The molecule has 0 saturated heterocycles. The monoisotopic (exact) mass is 359 g/mol. The van der Waals surface area contributed by atoms with Crippen LogP contribution >= 0.6 is 0 Å². The maximum atomic E-state index is 11.8. The number of fused-ring (bicyclic) bond motifs is 1. The van der Waals surface area contributed by atoms with Gasteiger partial charge in [-0.1, -0.05) is 5.16 Å². The van der Waals surface area contributed by atoms with Gasteiger partial charge in [0, 0.05) is 31.2 Å². The molecule has 0 atom stereocenters. The number of rotatable bonds is 7. The van der Waals surface area contributed by atoms with Crippen molar-refractivity contribution in [2.75, 3.05) is 20.3 Å². The fourth-order valence-electron chi connectivity index (χ4n) is 2.29. The Morgan fingerprint density at radius 1 is 1.31 bits per heavy atom. The van der Waals surface area contributed by atoms with Crippen LogP contribution in [0, 0.1) is 6.92 Å². The molecule has 3 aromatic rings. The van der Waals surface area contributed by atoms with Crippen molar-refractivity contribution in [2.45, 2.75) is 13.5 Å². The predicted molar refractivity (Wildman–Crippen MR) is 90.1 cm³/mol. The van der Waals surface area contributed by atoms with E-state index in [1.165, 1.54) is 13.2 Å². The van der Waals surface area contributed by atoms with E-state index in [0.29, 0.717) is 24.5 Å². The molecule has 26 heavy (non-hydrogen) atoms. The number of aryl methyl sites for hydroxylation is 1. The molecule has 1 amide bonds. The molecule has 9 heteroatoms. The molecule has 0 fully saturated rings. The molecular weight excluding hydrogens is 342 g/mol. The van der Waals surface area contributed by atoms with Crippen molar-refractivity contribution in [1.29, 1.82) is 0 Å². The van der Waals surface area contributed by atoms with Crippen LogP contribution in [0.2, 0.25) is 0 Å². The fourth-order valence-corrected chi connectivity index (χ4v) is 2.29. The average Bonchev–Trinajstić information content (AvgIpc) is 3.08. The second-order valence-corrected chi connectivity index (χ2v) is 5.46. The van der Waals surface area contributed by atoms with Crippen LogP contribution in [0.4, 0.5) is 0 Å². The summed E-state index contributed by atoms with van der Waals surface area (Å²) in [6.45, 7) is 2.55. The number of hydrogen-bond donors (Lipinski definition) is 1. The zero-order valence-corrected chi connectivity index (χ0v) is 14.3. The molecule has 0 bridgehead atoms. The molecule has 3 rings (SSSR count). The van der Waals surface area contributed by atoms with Gasteiger partial charge in [0.1, 0.15) is 11.3 Å². The Labute approximate surface area is 147 Å². The number of amides is 1. The van der Waals surface area contributed by atoms with E-state index in [0.717, 1.165) is 10.9 Å². The normalized spacial score (nSPS) is 10.8. The molecule has 0 aliphatic rings. The molecule has 9 nitrogen and oxygen atoms in total. The van der Waals surface area contributed by atoms with Crippen LogP contribution in [0.25, 0.3) is 11.0 Å². The molecule has 1 N–H and O–H groups in total. The molecule has 0 saturated carbocycles. The summed E-state index contributed by atoms with van der Waals surface area (Å²) in [5.41, 5.74) is 0.832. The van der Waals surface area contributed by atoms with E-state index in [2.05, 4.69) is 15.5 Å². The minimum atomic E-state index is -0.483. The van der Waals surface area contributed by atoms with E-state index in [1.54, 1.807) is 18.2 Å². The molecule has 136 valence electrons. The van der Waals surface area contributed by atoms with E-state index in [4.69, 9.17) is 18.4 Å². The number of hydrogen-bond acceptors (Lipinski definition) is 8. The Bertz CT molecular complexity index is 978. The third-order valence-electron chi connectivity index (χ3n) is 3.54. The molecular formula is C17H17N3O6. The summed E-state index contributed by atoms with van der Waals surface area (Å²) >= 11 is 0. The molecule has 1 aromatic carbocycles. The number of carbonyl (C=O) groups excluding carboxylic acids is 1. The van der Waals surface area contributed by atoms with Crippen molar-refractivity contribution in [3.63, 3.8) is 0 Å². The summed E-state index contributed by atoms with van der Waals surface area (Å²) < 4.78 is 20.5. The maximum absolute atomic E-state index is 11.8. The Balaban J connectivity index is 1.65. The van der Waals surface area contributed by atoms with Crippen LogP contribution in [0.15, 0.2) is 38.0 Å². The number of benzene rings is 1. The molecule has 0 unspecified atom stereocenters. The van der Waals surface area contributed by atoms with Crippen LogP contribution in [-0.2, 0) is 11.3 Å². The Morgan fingerprint density at radius 2 is 2.15 bits per heavy atom. The first kappa shape index (κ1) is 17.6. The van der Waals surface area contributed by atoms with E-state index < -0.39 is 11.5 Å². The first-order chi connectivity index (χ1) is 12.6. The molecule has 0 radical (unpaired) electrons. The fraction of sp³-hybridized carbons (Fsp3) is 0.294. The van der Waals surface area contributed by atoms with Gasteiger partial charge in [0.15, 0.2) is 6.61 Å². The molecule has 0 aliphatic heterocycles. The first-order valence-corrected chi connectivity index (χ1v) is 7.84.